The van der Waals surface area contributed by atoms with E-state index in [0.717, 1.165) is 16.9 Å². The van der Waals surface area contributed by atoms with Gasteiger partial charge in [-0.15, -0.1) is 0 Å². The van der Waals surface area contributed by atoms with Gasteiger partial charge in [-0.25, -0.2) is 0 Å². The maximum Gasteiger partial charge on any atom is 0.0991 e. The molecular formula is C18H20N4O2. The second-order valence-corrected chi connectivity index (χ2v) is 5.26. The van der Waals surface area contributed by atoms with Crippen molar-refractivity contribution in [1.82, 2.24) is 0 Å². The van der Waals surface area contributed by atoms with Crippen LogP contribution in [-0.4, -0.2) is 36.5 Å². The van der Waals surface area contributed by atoms with Gasteiger partial charge in [0.15, 0.2) is 0 Å². The lowest BCUT2D eigenvalue weighted by Crippen LogP contribution is -2.29. The van der Waals surface area contributed by atoms with E-state index in [-0.39, 0.29) is 13.2 Å². The Kier molecular flexibility index (Phi) is 6.43. The second kappa shape index (κ2) is 8.77. The molecule has 6 heteroatoms. The lowest BCUT2D eigenvalue weighted by Gasteiger charge is -2.23. The van der Waals surface area contributed by atoms with Gasteiger partial charge < -0.3 is 15.1 Å². The van der Waals surface area contributed by atoms with E-state index in [9.17, 15) is 0 Å². The van der Waals surface area contributed by atoms with Crippen molar-refractivity contribution < 1.29 is 10.2 Å². The first kappa shape index (κ1) is 17.6. The fourth-order valence-corrected chi connectivity index (χ4v) is 2.27. The van der Waals surface area contributed by atoms with Crippen LogP contribution >= 0.6 is 0 Å². The Bertz CT molecular complexity index is 730. The Morgan fingerprint density at radius 3 is 2.21 bits per heavy atom. The largest absolute Gasteiger partial charge is 0.395 e. The number of benzene rings is 2. The van der Waals surface area contributed by atoms with E-state index in [2.05, 4.69) is 16.3 Å². The minimum Gasteiger partial charge on any atom is -0.395 e. The normalized spacial score (nSPS) is 10.8. The van der Waals surface area contributed by atoms with Crippen LogP contribution in [0.15, 0.2) is 52.7 Å². The molecule has 0 spiro atoms. The molecule has 0 unspecified atom stereocenters. The Labute approximate surface area is 141 Å². The van der Waals surface area contributed by atoms with Crippen molar-refractivity contribution in [3.63, 3.8) is 0 Å². The number of nitriles is 1. The topological polar surface area (TPSA) is 92.2 Å². The number of hydrogen-bond donors (Lipinski definition) is 2. The second-order valence-electron chi connectivity index (χ2n) is 5.26. The average molecular weight is 324 g/mol. The molecule has 0 aliphatic heterocycles. The average Bonchev–Trinajstić information content (AvgIpc) is 2.61. The van der Waals surface area contributed by atoms with E-state index >= 15 is 0 Å². The van der Waals surface area contributed by atoms with Crippen LogP contribution in [0, 0.1) is 18.3 Å². The van der Waals surface area contributed by atoms with Gasteiger partial charge in [-0.3, -0.25) is 0 Å². The van der Waals surface area contributed by atoms with Gasteiger partial charge in [0, 0.05) is 18.8 Å². The third-order valence-electron chi connectivity index (χ3n) is 3.55. The van der Waals surface area contributed by atoms with Gasteiger partial charge in [-0.1, -0.05) is 0 Å². The lowest BCUT2D eigenvalue weighted by atomic mass is 10.1. The standard InChI is InChI=1S/C18H20N4O2/c1-14-12-17(22(8-10-23)9-11-24)6-7-18(14)21-20-16-4-2-15(13-19)3-5-16/h2-7,12,23-24H,8-11H2,1H3. The van der Waals surface area contributed by atoms with E-state index in [4.69, 9.17) is 15.5 Å². The SMILES string of the molecule is Cc1cc(N(CCO)CCO)ccc1N=Nc1ccc(C#N)cc1. The van der Waals surface area contributed by atoms with Crippen LogP contribution in [-0.2, 0) is 0 Å². The summed E-state index contributed by atoms with van der Waals surface area (Å²) in [5.41, 5.74) is 3.89. The first-order chi connectivity index (χ1) is 11.7. The van der Waals surface area contributed by atoms with Gasteiger partial charge in [0.25, 0.3) is 0 Å². The fraction of sp³-hybridized carbons (Fsp3) is 0.278. The smallest absolute Gasteiger partial charge is 0.0991 e. The van der Waals surface area contributed by atoms with E-state index in [1.54, 1.807) is 24.3 Å². The van der Waals surface area contributed by atoms with E-state index in [1.165, 1.54) is 0 Å². The van der Waals surface area contributed by atoms with Crippen LogP contribution in [0.4, 0.5) is 17.1 Å². The number of hydrogen-bond acceptors (Lipinski definition) is 6. The highest BCUT2D eigenvalue weighted by Crippen LogP contribution is 2.26. The summed E-state index contributed by atoms with van der Waals surface area (Å²) in [5, 5.41) is 35.4. The third kappa shape index (κ3) is 4.62. The molecule has 24 heavy (non-hydrogen) atoms. The summed E-state index contributed by atoms with van der Waals surface area (Å²) in [7, 11) is 0. The first-order valence-electron chi connectivity index (χ1n) is 7.67. The van der Waals surface area contributed by atoms with E-state index in [1.807, 2.05) is 30.0 Å². The zero-order valence-corrected chi connectivity index (χ0v) is 13.6. The molecule has 0 aromatic heterocycles. The Hall–Kier alpha value is -2.75. The van der Waals surface area contributed by atoms with Crippen LogP contribution in [0.25, 0.3) is 0 Å². The number of rotatable bonds is 7. The zero-order valence-electron chi connectivity index (χ0n) is 13.6. The summed E-state index contributed by atoms with van der Waals surface area (Å²) in [5.74, 6) is 0. The molecular weight excluding hydrogens is 304 g/mol. The van der Waals surface area contributed by atoms with Crippen LogP contribution < -0.4 is 4.90 Å². The molecule has 0 saturated heterocycles. The molecule has 0 aliphatic rings. The van der Waals surface area contributed by atoms with Crippen molar-refractivity contribution >= 4 is 17.1 Å². The Morgan fingerprint density at radius 1 is 1.00 bits per heavy atom. The van der Waals surface area contributed by atoms with E-state index < -0.39 is 0 Å². The van der Waals surface area contributed by atoms with Gasteiger partial charge in [0.05, 0.1) is 36.2 Å². The van der Waals surface area contributed by atoms with Crippen molar-refractivity contribution in [2.75, 3.05) is 31.2 Å². The maximum atomic E-state index is 9.12. The van der Waals surface area contributed by atoms with Gasteiger partial charge >= 0.3 is 0 Å². The Balaban J connectivity index is 2.16. The molecule has 0 bridgehead atoms. The van der Waals surface area contributed by atoms with Crippen LogP contribution in [0.5, 0.6) is 0 Å². The predicted octanol–water partition coefficient (Wildman–Crippen LogP) is 3.07. The molecule has 0 fully saturated rings. The summed E-state index contributed by atoms with van der Waals surface area (Å²) in [6.07, 6.45) is 0. The van der Waals surface area contributed by atoms with Crippen molar-refractivity contribution in [3.8, 4) is 6.07 Å². The number of aliphatic hydroxyl groups is 2. The van der Waals surface area contributed by atoms with Crippen molar-refractivity contribution in [3.05, 3.63) is 53.6 Å². The molecule has 0 amide bonds. The maximum absolute atomic E-state index is 9.12. The molecule has 0 radical (unpaired) electrons. The van der Waals surface area contributed by atoms with Crippen LogP contribution in [0.1, 0.15) is 11.1 Å². The highest BCUT2D eigenvalue weighted by molar-refractivity contribution is 5.57. The molecule has 2 N–H and O–H groups in total. The summed E-state index contributed by atoms with van der Waals surface area (Å²) in [4.78, 5) is 1.91. The predicted molar refractivity (Wildman–Crippen MR) is 92.9 cm³/mol. The van der Waals surface area contributed by atoms with Crippen LogP contribution in [0.2, 0.25) is 0 Å². The zero-order chi connectivity index (χ0) is 17.4. The summed E-state index contributed by atoms with van der Waals surface area (Å²) >= 11 is 0. The molecule has 124 valence electrons. The number of aliphatic hydroxyl groups excluding tert-OH is 2. The quantitative estimate of drug-likeness (QED) is 0.766. The minimum atomic E-state index is 0.0270. The van der Waals surface area contributed by atoms with Crippen LogP contribution in [0.3, 0.4) is 0 Å². The molecule has 0 aliphatic carbocycles. The molecule has 6 nitrogen and oxygen atoms in total. The lowest BCUT2D eigenvalue weighted by molar-refractivity contribution is 0.281. The van der Waals surface area contributed by atoms with E-state index in [0.29, 0.717) is 24.3 Å². The first-order valence-corrected chi connectivity index (χ1v) is 7.67. The highest BCUT2D eigenvalue weighted by atomic mass is 16.3. The summed E-state index contributed by atoms with van der Waals surface area (Å²) < 4.78 is 0. The van der Waals surface area contributed by atoms with Gasteiger partial charge in [0.1, 0.15) is 0 Å². The highest BCUT2D eigenvalue weighted by Gasteiger charge is 2.07. The molecule has 0 heterocycles. The third-order valence-corrected chi connectivity index (χ3v) is 3.55. The molecule has 0 atom stereocenters. The number of anilines is 1. The van der Waals surface area contributed by atoms with Crippen molar-refractivity contribution in [1.29, 1.82) is 5.26 Å². The van der Waals surface area contributed by atoms with Crippen molar-refractivity contribution in [2.45, 2.75) is 6.92 Å². The molecule has 2 rings (SSSR count). The van der Waals surface area contributed by atoms with Gasteiger partial charge in [0.2, 0.25) is 0 Å². The summed E-state index contributed by atoms with van der Waals surface area (Å²) in [6.45, 7) is 2.92. The fourth-order valence-electron chi connectivity index (χ4n) is 2.27. The molecule has 2 aromatic rings. The monoisotopic (exact) mass is 324 g/mol. The number of nitrogens with zero attached hydrogens (tertiary/aromatic N) is 4. The molecule has 2 aromatic carbocycles. The van der Waals surface area contributed by atoms with Gasteiger partial charge in [-0.05, 0) is 55.0 Å². The van der Waals surface area contributed by atoms with Crippen molar-refractivity contribution in [2.24, 2.45) is 10.2 Å². The van der Waals surface area contributed by atoms with Gasteiger partial charge in [-0.2, -0.15) is 15.5 Å². The minimum absolute atomic E-state index is 0.0270. The molecule has 0 saturated carbocycles. The number of azo groups is 1. The Morgan fingerprint density at radius 2 is 1.67 bits per heavy atom. The summed E-state index contributed by atoms with van der Waals surface area (Å²) in [6, 6.07) is 14.7. The number of aryl methyl sites for hydroxylation is 1.